The third-order valence-corrected chi connectivity index (χ3v) is 4.24. The molecule has 2 N–H and O–H groups in total. The standard InChI is InChI=1S/C18H18BrNO5/c1-23-14-8-12(13(19)10-15(14)24-2)9-16(21)25-17(18(20)22)11-6-4-3-5-7-11/h3-8,10,17H,9H2,1-2H3,(H2,20,22). The summed E-state index contributed by atoms with van der Waals surface area (Å²) in [6, 6.07) is 12.0. The molecule has 0 aliphatic heterocycles. The van der Waals surface area contributed by atoms with Crippen molar-refractivity contribution in [2.75, 3.05) is 14.2 Å². The zero-order valence-electron chi connectivity index (χ0n) is 13.8. The monoisotopic (exact) mass is 407 g/mol. The van der Waals surface area contributed by atoms with Crippen LogP contribution in [0.15, 0.2) is 46.9 Å². The first-order valence-electron chi connectivity index (χ1n) is 7.40. The Hall–Kier alpha value is -2.54. The number of ether oxygens (including phenoxy) is 3. The molecule has 0 saturated heterocycles. The molecule has 1 unspecified atom stereocenters. The Morgan fingerprint density at radius 1 is 1.08 bits per heavy atom. The molecule has 0 bridgehead atoms. The Kier molecular flexibility index (Phi) is 6.41. The average Bonchev–Trinajstić information content (AvgIpc) is 2.61. The molecule has 0 radical (unpaired) electrons. The van der Waals surface area contributed by atoms with Gasteiger partial charge in [-0.2, -0.15) is 0 Å². The number of benzene rings is 2. The summed E-state index contributed by atoms with van der Waals surface area (Å²) in [5.41, 5.74) is 6.52. The van der Waals surface area contributed by atoms with E-state index in [1.54, 1.807) is 42.5 Å². The van der Waals surface area contributed by atoms with E-state index in [0.717, 1.165) is 0 Å². The Bertz CT molecular complexity index is 764. The third-order valence-electron chi connectivity index (χ3n) is 3.50. The van der Waals surface area contributed by atoms with Gasteiger partial charge in [-0.05, 0) is 17.7 Å². The van der Waals surface area contributed by atoms with E-state index in [4.69, 9.17) is 19.9 Å². The Balaban J connectivity index is 2.17. The van der Waals surface area contributed by atoms with E-state index in [9.17, 15) is 9.59 Å². The van der Waals surface area contributed by atoms with E-state index in [0.29, 0.717) is 27.1 Å². The van der Waals surface area contributed by atoms with Crippen molar-refractivity contribution in [1.29, 1.82) is 0 Å². The zero-order chi connectivity index (χ0) is 18.4. The van der Waals surface area contributed by atoms with Crippen LogP contribution >= 0.6 is 15.9 Å². The number of carbonyl (C=O) groups is 2. The smallest absolute Gasteiger partial charge is 0.311 e. The molecule has 2 aromatic carbocycles. The number of esters is 1. The van der Waals surface area contributed by atoms with Gasteiger partial charge in [0.2, 0.25) is 6.10 Å². The molecule has 2 rings (SSSR count). The maximum Gasteiger partial charge on any atom is 0.311 e. The van der Waals surface area contributed by atoms with Crippen LogP contribution in [0.25, 0.3) is 0 Å². The van der Waals surface area contributed by atoms with E-state index in [-0.39, 0.29) is 6.42 Å². The van der Waals surface area contributed by atoms with Gasteiger partial charge < -0.3 is 19.9 Å². The van der Waals surface area contributed by atoms with Gasteiger partial charge in [0.15, 0.2) is 11.5 Å². The Labute approximate surface area is 154 Å². The van der Waals surface area contributed by atoms with Crippen LogP contribution in [0.3, 0.4) is 0 Å². The van der Waals surface area contributed by atoms with Gasteiger partial charge in [-0.3, -0.25) is 9.59 Å². The number of carbonyl (C=O) groups excluding carboxylic acids is 2. The van der Waals surface area contributed by atoms with E-state index < -0.39 is 18.0 Å². The van der Waals surface area contributed by atoms with E-state index in [1.807, 2.05) is 0 Å². The van der Waals surface area contributed by atoms with Crippen LogP contribution in [0.2, 0.25) is 0 Å². The van der Waals surface area contributed by atoms with E-state index >= 15 is 0 Å². The minimum Gasteiger partial charge on any atom is -0.493 e. The first kappa shape index (κ1) is 18.8. The fourth-order valence-corrected chi connectivity index (χ4v) is 2.74. The number of amides is 1. The summed E-state index contributed by atoms with van der Waals surface area (Å²) in [5.74, 6) is -0.291. The molecular weight excluding hydrogens is 390 g/mol. The molecule has 7 heteroatoms. The van der Waals surface area contributed by atoms with Crippen molar-refractivity contribution in [3.63, 3.8) is 0 Å². The van der Waals surface area contributed by atoms with Gasteiger partial charge in [-0.15, -0.1) is 0 Å². The van der Waals surface area contributed by atoms with Crippen molar-refractivity contribution in [2.45, 2.75) is 12.5 Å². The number of methoxy groups -OCH3 is 2. The molecule has 0 fully saturated rings. The van der Waals surface area contributed by atoms with E-state index in [1.165, 1.54) is 14.2 Å². The lowest BCUT2D eigenvalue weighted by Crippen LogP contribution is -2.26. The zero-order valence-corrected chi connectivity index (χ0v) is 15.4. The molecule has 0 aliphatic carbocycles. The molecule has 1 amide bonds. The number of nitrogens with two attached hydrogens (primary N) is 1. The van der Waals surface area contributed by atoms with Crippen LogP contribution in [0.5, 0.6) is 11.5 Å². The highest BCUT2D eigenvalue weighted by atomic mass is 79.9. The van der Waals surface area contributed by atoms with Gasteiger partial charge >= 0.3 is 5.97 Å². The number of primary amides is 1. The third kappa shape index (κ3) is 4.73. The molecule has 2 aromatic rings. The number of halogens is 1. The molecule has 25 heavy (non-hydrogen) atoms. The fraction of sp³-hybridized carbons (Fsp3) is 0.222. The lowest BCUT2D eigenvalue weighted by molar-refractivity contribution is -0.154. The summed E-state index contributed by atoms with van der Waals surface area (Å²) in [7, 11) is 3.03. The lowest BCUT2D eigenvalue weighted by atomic mass is 10.1. The van der Waals surface area contributed by atoms with Crippen LogP contribution in [-0.2, 0) is 20.7 Å². The van der Waals surface area contributed by atoms with Gasteiger partial charge in [-0.1, -0.05) is 46.3 Å². The molecule has 0 spiro atoms. The SMILES string of the molecule is COc1cc(Br)c(CC(=O)OC(C(N)=O)c2ccccc2)cc1OC. The van der Waals surface area contributed by atoms with Gasteiger partial charge in [0.1, 0.15) is 0 Å². The first-order valence-corrected chi connectivity index (χ1v) is 8.19. The summed E-state index contributed by atoms with van der Waals surface area (Å²) in [4.78, 5) is 23.9. The fourth-order valence-electron chi connectivity index (χ4n) is 2.28. The Morgan fingerprint density at radius 2 is 1.68 bits per heavy atom. The summed E-state index contributed by atoms with van der Waals surface area (Å²) in [6.07, 6.45) is -1.19. The van der Waals surface area contributed by atoms with Crippen LogP contribution in [0.1, 0.15) is 17.2 Å². The van der Waals surface area contributed by atoms with Crippen molar-refractivity contribution in [2.24, 2.45) is 5.73 Å². The normalized spacial score (nSPS) is 11.5. The average molecular weight is 408 g/mol. The summed E-state index contributed by atoms with van der Waals surface area (Å²) < 4.78 is 16.4. The molecule has 0 aromatic heterocycles. The minimum atomic E-state index is -1.13. The highest BCUT2D eigenvalue weighted by Gasteiger charge is 2.23. The predicted molar refractivity (Wildman–Crippen MR) is 95.4 cm³/mol. The highest BCUT2D eigenvalue weighted by molar-refractivity contribution is 9.10. The molecule has 0 saturated carbocycles. The molecule has 0 heterocycles. The van der Waals surface area contributed by atoms with Crippen LogP contribution < -0.4 is 15.2 Å². The number of hydrogen-bond acceptors (Lipinski definition) is 5. The van der Waals surface area contributed by atoms with Crippen molar-refractivity contribution < 1.29 is 23.8 Å². The van der Waals surface area contributed by atoms with Crippen molar-refractivity contribution in [3.05, 3.63) is 58.1 Å². The quantitative estimate of drug-likeness (QED) is 0.712. The van der Waals surface area contributed by atoms with Gasteiger partial charge in [0.25, 0.3) is 5.91 Å². The molecule has 6 nitrogen and oxygen atoms in total. The summed E-state index contributed by atoms with van der Waals surface area (Å²) >= 11 is 3.38. The second-order valence-electron chi connectivity index (χ2n) is 5.16. The van der Waals surface area contributed by atoms with E-state index in [2.05, 4.69) is 15.9 Å². The van der Waals surface area contributed by atoms with Gasteiger partial charge in [0.05, 0.1) is 20.6 Å². The second kappa shape index (κ2) is 8.53. The highest BCUT2D eigenvalue weighted by Crippen LogP contribution is 2.33. The predicted octanol–water partition coefficient (Wildman–Crippen LogP) is 2.78. The van der Waals surface area contributed by atoms with Gasteiger partial charge in [-0.25, -0.2) is 0 Å². The number of rotatable bonds is 7. The summed E-state index contributed by atoms with van der Waals surface area (Å²) in [6.45, 7) is 0. The number of hydrogen-bond donors (Lipinski definition) is 1. The van der Waals surface area contributed by atoms with Crippen LogP contribution in [-0.4, -0.2) is 26.1 Å². The second-order valence-corrected chi connectivity index (χ2v) is 6.01. The first-order chi connectivity index (χ1) is 12.0. The Morgan fingerprint density at radius 3 is 2.24 bits per heavy atom. The van der Waals surface area contributed by atoms with Crippen LogP contribution in [0.4, 0.5) is 0 Å². The molecule has 132 valence electrons. The molecule has 1 atom stereocenters. The maximum absolute atomic E-state index is 12.3. The maximum atomic E-state index is 12.3. The van der Waals surface area contributed by atoms with Crippen molar-refractivity contribution in [3.8, 4) is 11.5 Å². The van der Waals surface area contributed by atoms with Crippen molar-refractivity contribution >= 4 is 27.8 Å². The van der Waals surface area contributed by atoms with Gasteiger partial charge in [0, 0.05) is 10.0 Å². The summed E-state index contributed by atoms with van der Waals surface area (Å²) in [5, 5.41) is 0. The van der Waals surface area contributed by atoms with Crippen molar-refractivity contribution in [1.82, 2.24) is 0 Å². The van der Waals surface area contributed by atoms with Crippen LogP contribution in [0, 0.1) is 0 Å². The molecular formula is C18H18BrNO5. The largest absolute Gasteiger partial charge is 0.493 e. The minimum absolute atomic E-state index is 0.0580. The lowest BCUT2D eigenvalue weighted by Gasteiger charge is -2.16. The molecule has 0 aliphatic rings. The topological polar surface area (TPSA) is 87.9 Å².